The van der Waals surface area contributed by atoms with Gasteiger partial charge in [0.2, 0.25) is 17.5 Å². The fourth-order valence-electron chi connectivity index (χ4n) is 7.28. The van der Waals surface area contributed by atoms with Crippen molar-refractivity contribution in [2.75, 3.05) is 6.61 Å². The second-order valence-corrected chi connectivity index (χ2v) is 15.2. The normalized spacial score (nSPS) is 33.6. The van der Waals surface area contributed by atoms with Gasteiger partial charge in [-0.15, -0.1) is 0 Å². The van der Waals surface area contributed by atoms with Gasteiger partial charge in [0.1, 0.15) is 88.9 Å². The van der Waals surface area contributed by atoms with E-state index in [0.717, 1.165) is 18.2 Å². The van der Waals surface area contributed by atoms with Crippen LogP contribution in [0.4, 0.5) is 0 Å². The molecule has 3 fully saturated rings. The van der Waals surface area contributed by atoms with Gasteiger partial charge in [0.15, 0.2) is 24.4 Å². The van der Waals surface area contributed by atoms with E-state index in [1.807, 2.05) is 0 Å². The number of rotatable bonds is 11. The molecule has 0 spiro atoms. The topological polar surface area (TPSA) is 334 Å². The van der Waals surface area contributed by atoms with Crippen molar-refractivity contribution < 1.29 is 98.5 Å². The van der Waals surface area contributed by atoms with E-state index < -0.39 is 133 Å². The molecule has 0 amide bonds. The van der Waals surface area contributed by atoms with Crippen molar-refractivity contribution in [3.05, 3.63) is 82.5 Å². The number of phenols is 4. The van der Waals surface area contributed by atoms with Crippen LogP contribution in [-0.4, -0.2) is 161 Å². The van der Waals surface area contributed by atoms with E-state index in [2.05, 4.69) is 0 Å². The highest BCUT2D eigenvalue weighted by Gasteiger charge is 2.52. The molecule has 63 heavy (non-hydrogen) atoms. The SMILES string of the molecule is C[C@@H]1O[C@@H](O[C@H]2[C@@H](O)[C@H](OC[C@H]3O[C@@H](Oc4c(-c5ccc(O)cc5)oc5cc(O)cc(O)c5c4=O)[C@H](O)[C@@H](O)[C@@H]3O)O[C@H](C)[C@@H]2OC(=O)/C=C/c2ccc(O)cc2)[C@H](O)[C@@H](O)[C@H]1O. The zero-order chi connectivity index (χ0) is 45.4. The Balaban J connectivity index is 1.12. The number of ether oxygens (including phenoxy) is 7. The van der Waals surface area contributed by atoms with E-state index in [0.29, 0.717) is 5.56 Å². The van der Waals surface area contributed by atoms with Crippen LogP contribution in [0.5, 0.6) is 28.7 Å². The molecule has 3 aliphatic heterocycles. The van der Waals surface area contributed by atoms with Gasteiger partial charge >= 0.3 is 5.97 Å². The first-order chi connectivity index (χ1) is 29.9. The number of carbonyl (C=O) groups excluding carboxylic acids is 1. The molecule has 340 valence electrons. The number of benzene rings is 3. The van der Waals surface area contributed by atoms with Crippen molar-refractivity contribution in [1.82, 2.24) is 0 Å². The summed E-state index contributed by atoms with van der Waals surface area (Å²) in [4.78, 5) is 26.9. The van der Waals surface area contributed by atoms with Crippen molar-refractivity contribution in [3.8, 4) is 40.1 Å². The van der Waals surface area contributed by atoms with Gasteiger partial charge in [0, 0.05) is 23.8 Å². The first-order valence-electron chi connectivity index (χ1n) is 19.6. The summed E-state index contributed by atoms with van der Waals surface area (Å²) >= 11 is 0. The Morgan fingerprint density at radius 1 is 0.667 bits per heavy atom. The molecule has 21 nitrogen and oxygen atoms in total. The average Bonchev–Trinajstić information content (AvgIpc) is 3.24. The molecular formula is C42H46O21. The summed E-state index contributed by atoms with van der Waals surface area (Å²) in [5.41, 5.74) is -0.601. The second kappa shape index (κ2) is 18.8. The number of aromatic hydroxyl groups is 4. The number of carbonyl (C=O) groups is 1. The van der Waals surface area contributed by atoms with Crippen molar-refractivity contribution >= 4 is 23.0 Å². The second-order valence-electron chi connectivity index (χ2n) is 15.2. The molecule has 3 saturated heterocycles. The Morgan fingerprint density at radius 3 is 1.97 bits per heavy atom. The molecule has 4 heterocycles. The van der Waals surface area contributed by atoms with E-state index >= 15 is 0 Å². The van der Waals surface area contributed by atoms with Crippen LogP contribution >= 0.6 is 0 Å². The summed E-state index contributed by atoms with van der Waals surface area (Å²) in [7, 11) is 0. The number of hydrogen-bond donors (Lipinski definition) is 11. The molecule has 7 rings (SSSR count). The van der Waals surface area contributed by atoms with E-state index in [1.54, 1.807) is 0 Å². The lowest BCUT2D eigenvalue weighted by atomic mass is 9.97. The van der Waals surface area contributed by atoms with Crippen molar-refractivity contribution in [2.24, 2.45) is 0 Å². The molecule has 0 saturated carbocycles. The van der Waals surface area contributed by atoms with Crippen LogP contribution in [0, 0.1) is 0 Å². The van der Waals surface area contributed by atoms with Crippen molar-refractivity contribution in [3.63, 3.8) is 0 Å². The Kier molecular flexibility index (Phi) is 13.6. The van der Waals surface area contributed by atoms with Crippen LogP contribution in [0.25, 0.3) is 28.4 Å². The maximum atomic E-state index is 13.9. The van der Waals surface area contributed by atoms with E-state index in [1.165, 1.54) is 68.5 Å². The van der Waals surface area contributed by atoms with Gasteiger partial charge in [-0.3, -0.25) is 4.79 Å². The van der Waals surface area contributed by atoms with E-state index in [9.17, 15) is 65.8 Å². The molecule has 0 bridgehead atoms. The number of fused-ring (bicyclic) bond motifs is 1. The molecule has 1 aromatic heterocycles. The fourth-order valence-corrected chi connectivity index (χ4v) is 7.28. The van der Waals surface area contributed by atoms with Crippen LogP contribution in [0.2, 0.25) is 0 Å². The molecule has 21 heteroatoms. The third-order valence-electron chi connectivity index (χ3n) is 10.8. The Labute approximate surface area is 356 Å². The highest BCUT2D eigenvalue weighted by molar-refractivity contribution is 5.88. The number of esters is 1. The molecule has 3 aromatic carbocycles. The minimum atomic E-state index is -2.03. The smallest absolute Gasteiger partial charge is 0.331 e. The van der Waals surface area contributed by atoms with Gasteiger partial charge in [-0.2, -0.15) is 0 Å². The summed E-state index contributed by atoms with van der Waals surface area (Å²) in [6.45, 7) is 2.09. The van der Waals surface area contributed by atoms with Gasteiger partial charge in [0.25, 0.3) is 0 Å². The Bertz CT molecular complexity index is 2320. The standard InChI is InChI=1S/C42H46O21/c1-16-28(48)31(51)33(53)41(57-16)63-39-35(55)40(58-17(2)36(39)61-26(47)12-5-18-3-8-20(43)9-4-18)56-15-25-29(49)32(52)34(54)42(60-25)62-38-30(50)27-23(46)13-22(45)14-24(27)59-37(38)19-6-10-21(44)11-7-19/h3-14,16-17,25,28-29,31-36,39-46,48-49,51-55H,15H2,1-2H3/b12-5+/t16-,17+,25+,28-,29+,31-,32-,33+,34+,35+,36-,39-,40+,41-,42-/m0/s1. The first-order valence-corrected chi connectivity index (χ1v) is 19.6. The third kappa shape index (κ3) is 9.60. The first kappa shape index (κ1) is 45.6. The number of aliphatic hydroxyl groups is 7. The van der Waals surface area contributed by atoms with E-state index in [4.69, 9.17) is 37.6 Å². The van der Waals surface area contributed by atoms with Crippen LogP contribution in [-0.2, 0) is 33.2 Å². The Morgan fingerprint density at radius 2 is 1.29 bits per heavy atom. The van der Waals surface area contributed by atoms with Crippen molar-refractivity contribution in [2.45, 2.75) is 106 Å². The highest BCUT2D eigenvalue weighted by Crippen LogP contribution is 2.38. The van der Waals surface area contributed by atoms with E-state index in [-0.39, 0.29) is 28.4 Å². The van der Waals surface area contributed by atoms with Crippen LogP contribution in [0.1, 0.15) is 19.4 Å². The van der Waals surface area contributed by atoms with Crippen LogP contribution in [0.3, 0.4) is 0 Å². The molecule has 0 unspecified atom stereocenters. The molecule has 4 aromatic rings. The summed E-state index contributed by atoms with van der Waals surface area (Å²) in [6, 6.07) is 13.0. The maximum absolute atomic E-state index is 13.9. The summed E-state index contributed by atoms with van der Waals surface area (Å²) < 4.78 is 46.4. The van der Waals surface area contributed by atoms with Gasteiger partial charge in [-0.05, 0) is 61.9 Å². The number of aliphatic hydroxyl groups excluding tert-OH is 7. The minimum absolute atomic E-state index is 0.0000108. The predicted molar refractivity (Wildman–Crippen MR) is 211 cm³/mol. The monoisotopic (exact) mass is 886 g/mol. The summed E-state index contributed by atoms with van der Waals surface area (Å²) in [6.07, 6.45) is -22.7. The molecule has 0 aliphatic carbocycles. The molecule has 3 aliphatic rings. The third-order valence-corrected chi connectivity index (χ3v) is 10.8. The predicted octanol–water partition coefficient (Wildman–Crippen LogP) is -0.571. The zero-order valence-corrected chi connectivity index (χ0v) is 33.3. The van der Waals surface area contributed by atoms with Crippen LogP contribution in [0.15, 0.2) is 76.0 Å². The summed E-state index contributed by atoms with van der Waals surface area (Å²) in [5, 5.41) is 116. The summed E-state index contributed by atoms with van der Waals surface area (Å²) in [5.74, 6) is -3.17. The minimum Gasteiger partial charge on any atom is -0.508 e. The average molecular weight is 887 g/mol. The lowest BCUT2D eigenvalue weighted by molar-refractivity contribution is -0.359. The van der Waals surface area contributed by atoms with Gasteiger partial charge in [-0.1, -0.05) is 12.1 Å². The maximum Gasteiger partial charge on any atom is 0.331 e. The van der Waals surface area contributed by atoms with Gasteiger partial charge in [-0.25, -0.2) is 4.79 Å². The van der Waals surface area contributed by atoms with Crippen LogP contribution < -0.4 is 10.2 Å². The number of phenolic OH excluding ortho intramolecular Hbond substituents is 4. The highest BCUT2D eigenvalue weighted by atomic mass is 16.8. The fraction of sp³-hybridized carbons (Fsp3) is 0.429. The molecule has 11 N–H and O–H groups in total. The zero-order valence-electron chi connectivity index (χ0n) is 33.3. The quantitative estimate of drug-likeness (QED) is 0.0663. The Hall–Kier alpha value is -5.40. The molecule has 15 atom stereocenters. The molecular weight excluding hydrogens is 840 g/mol. The molecule has 0 radical (unpaired) electrons. The largest absolute Gasteiger partial charge is 0.508 e. The number of hydrogen-bond acceptors (Lipinski definition) is 21. The van der Waals surface area contributed by atoms with Gasteiger partial charge in [0.05, 0.1) is 18.8 Å². The van der Waals surface area contributed by atoms with Gasteiger partial charge < -0.3 is 93.7 Å². The van der Waals surface area contributed by atoms with Crippen molar-refractivity contribution in [1.29, 1.82) is 0 Å². The lowest BCUT2D eigenvalue weighted by Gasteiger charge is -2.46. The lowest BCUT2D eigenvalue weighted by Crippen LogP contribution is -2.64.